The first-order valence-corrected chi connectivity index (χ1v) is 12.0. The van der Waals surface area contributed by atoms with Gasteiger partial charge in [-0.05, 0) is 83.1 Å². The highest BCUT2D eigenvalue weighted by atomic mass is 31.2. The fourth-order valence-electron chi connectivity index (χ4n) is 2.87. The second kappa shape index (κ2) is 11.0. The third kappa shape index (κ3) is 7.78. The summed E-state index contributed by atoms with van der Waals surface area (Å²) in [6.45, 7) is 8.40. The SMILES string of the molecule is C1CCNC1.Cc1ccc(OP(=O)(Oc2ccc(C)cc2)Oc2ccc(C)cc2)cc1. The zero-order chi connectivity index (χ0) is 22.1. The van der Waals surface area contributed by atoms with Gasteiger partial charge < -0.3 is 18.9 Å². The van der Waals surface area contributed by atoms with E-state index >= 15 is 0 Å². The van der Waals surface area contributed by atoms with E-state index in [0.29, 0.717) is 17.2 Å². The molecule has 1 saturated heterocycles. The number of nitrogens with one attached hydrogen (secondary N) is 1. The highest BCUT2D eigenvalue weighted by Gasteiger charge is 2.33. The Morgan fingerprint density at radius 3 is 1.10 bits per heavy atom. The van der Waals surface area contributed by atoms with Crippen molar-refractivity contribution < 1.29 is 18.1 Å². The highest BCUT2D eigenvalue weighted by Crippen LogP contribution is 2.49. The average molecular weight is 439 g/mol. The van der Waals surface area contributed by atoms with Crippen LogP contribution in [0.25, 0.3) is 0 Å². The normalized spacial score (nSPS) is 13.1. The predicted octanol–water partition coefficient (Wildman–Crippen LogP) is 6.63. The summed E-state index contributed by atoms with van der Waals surface area (Å²) in [5.74, 6) is 1.24. The van der Waals surface area contributed by atoms with Crippen LogP contribution in [-0.2, 0) is 4.57 Å². The van der Waals surface area contributed by atoms with Crippen molar-refractivity contribution in [2.45, 2.75) is 33.6 Å². The Bertz CT molecular complexity index is 851. The number of phosphoric acid groups is 1. The van der Waals surface area contributed by atoms with Crippen LogP contribution >= 0.6 is 7.82 Å². The first-order chi connectivity index (χ1) is 14.9. The summed E-state index contributed by atoms with van der Waals surface area (Å²) < 4.78 is 30.2. The van der Waals surface area contributed by atoms with Crippen LogP contribution in [0.3, 0.4) is 0 Å². The molecular weight excluding hydrogens is 409 g/mol. The Kier molecular flexibility index (Phi) is 8.16. The number of phosphoric ester groups is 1. The van der Waals surface area contributed by atoms with Crippen LogP contribution < -0.4 is 18.9 Å². The van der Waals surface area contributed by atoms with E-state index < -0.39 is 7.82 Å². The summed E-state index contributed by atoms with van der Waals surface area (Å²) in [6.07, 6.45) is 2.78. The molecule has 0 radical (unpaired) electrons. The van der Waals surface area contributed by atoms with Gasteiger partial charge in [-0.1, -0.05) is 53.1 Å². The fourth-order valence-corrected chi connectivity index (χ4v) is 4.12. The van der Waals surface area contributed by atoms with Crippen molar-refractivity contribution >= 4 is 7.82 Å². The average Bonchev–Trinajstić information content (AvgIpc) is 3.34. The second-order valence-electron chi connectivity index (χ2n) is 7.62. The Labute approximate surface area is 185 Å². The monoisotopic (exact) mass is 439 g/mol. The maximum atomic E-state index is 13.3. The lowest BCUT2D eigenvalue weighted by atomic mass is 10.2. The molecule has 6 heteroatoms. The maximum Gasteiger partial charge on any atom is 0.647 e. The van der Waals surface area contributed by atoms with E-state index in [-0.39, 0.29) is 0 Å². The van der Waals surface area contributed by atoms with Crippen LogP contribution in [0, 0.1) is 20.8 Å². The zero-order valence-electron chi connectivity index (χ0n) is 18.3. The van der Waals surface area contributed by atoms with Gasteiger partial charge in [0.05, 0.1) is 0 Å². The lowest BCUT2D eigenvalue weighted by Crippen LogP contribution is -2.07. The van der Waals surface area contributed by atoms with E-state index in [0.717, 1.165) is 16.7 Å². The molecule has 1 aliphatic heterocycles. The minimum Gasteiger partial charge on any atom is -0.386 e. The van der Waals surface area contributed by atoms with Crippen molar-refractivity contribution in [2.24, 2.45) is 0 Å². The summed E-state index contributed by atoms with van der Waals surface area (Å²) in [5, 5.41) is 3.22. The van der Waals surface area contributed by atoms with Crippen molar-refractivity contribution in [1.82, 2.24) is 5.32 Å². The Morgan fingerprint density at radius 1 is 0.581 bits per heavy atom. The predicted molar refractivity (Wildman–Crippen MR) is 125 cm³/mol. The number of hydrogen-bond donors (Lipinski definition) is 1. The third-order valence-electron chi connectivity index (χ3n) is 4.67. The molecule has 0 bridgehead atoms. The van der Waals surface area contributed by atoms with Gasteiger partial charge in [0, 0.05) is 0 Å². The summed E-state index contributed by atoms with van der Waals surface area (Å²) in [4.78, 5) is 0. The molecular formula is C25H30NO4P. The lowest BCUT2D eigenvalue weighted by molar-refractivity contribution is 0.298. The molecule has 5 nitrogen and oxygen atoms in total. The molecule has 0 aliphatic carbocycles. The smallest absolute Gasteiger partial charge is 0.386 e. The molecule has 0 unspecified atom stereocenters. The van der Waals surface area contributed by atoms with Crippen molar-refractivity contribution in [1.29, 1.82) is 0 Å². The second-order valence-corrected chi connectivity index (χ2v) is 9.06. The molecule has 4 rings (SSSR count). The van der Waals surface area contributed by atoms with Crippen LogP contribution in [0.1, 0.15) is 29.5 Å². The van der Waals surface area contributed by atoms with Crippen LogP contribution in [-0.4, -0.2) is 13.1 Å². The molecule has 1 N–H and O–H groups in total. The molecule has 0 aromatic heterocycles. The fraction of sp³-hybridized carbons (Fsp3) is 0.280. The standard InChI is InChI=1S/C21H21O4P.C4H9N/c1-16-4-10-19(11-5-16)23-26(22,24-20-12-6-17(2)7-13-20)25-21-14-8-18(3)9-15-21;1-2-4-5-3-1/h4-15H,1-3H3;5H,1-4H2. The molecule has 0 saturated carbocycles. The van der Waals surface area contributed by atoms with E-state index in [4.69, 9.17) is 13.6 Å². The van der Waals surface area contributed by atoms with Gasteiger partial charge in [-0.25, -0.2) is 0 Å². The van der Waals surface area contributed by atoms with Gasteiger partial charge in [-0.3, -0.25) is 0 Å². The minimum atomic E-state index is -3.93. The topological polar surface area (TPSA) is 56.8 Å². The number of hydrogen-bond acceptors (Lipinski definition) is 5. The first-order valence-electron chi connectivity index (χ1n) is 10.5. The van der Waals surface area contributed by atoms with Gasteiger partial charge >= 0.3 is 7.82 Å². The summed E-state index contributed by atoms with van der Waals surface area (Å²) >= 11 is 0. The minimum absolute atomic E-state index is 0.415. The molecule has 1 heterocycles. The molecule has 1 fully saturated rings. The molecule has 1 aliphatic rings. The van der Waals surface area contributed by atoms with E-state index in [1.807, 2.05) is 57.2 Å². The van der Waals surface area contributed by atoms with E-state index in [1.54, 1.807) is 36.4 Å². The Morgan fingerprint density at radius 2 is 0.871 bits per heavy atom. The molecule has 0 spiro atoms. The Hall–Kier alpha value is -2.75. The van der Waals surface area contributed by atoms with Crippen molar-refractivity contribution in [2.75, 3.05) is 13.1 Å². The quantitative estimate of drug-likeness (QED) is 0.437. The van der Waals surface area contributed by atoms with Gasteiger partial charge in [0.25, 0.3) is 0 Å². The third-order valence-corrected chi connectivity index (χ3v) is 5.97. The summed E-state index contributed by atoms with van der Waals surface area (Å²) in [6, 6.07) is 21.6. The van der Waals surface area contributed by atoms with Crippen LogP contribution in [0.5, 0.6) is 17.2 Å². The van der Waals surface area contributed by atoms with E-state index in [2.05, 4.69) is 5.32 Å². The molecule has 164 valence electrons. The number of rotatable bonds is 6. The lowest BCUT2D eigenvalue weighted by Gasteiger charge is -2.19. The largest absolute Gasteiger partial charge is 0.647 e. The van der Waals surface area contributed by atoms with Gasteiger partial charge in [0.15, 0.2) is 0 Å². The van der Waals surface area contributed by atoms with Gasteiger partial charge in [0.2, 0.25) is 0 Å². The van der Waals surface area contributed by atoms with Gasteiger partial charge in [0.1, 0.15) is 17.2 Å². The van der Waals surface area contributed by atoms with Crippen LogP contribution in [0.15, 0.2) is 72.8 Å². The number of aryl methyl sites for hydroxylation is 3. The zero-order valence-corrected chi connectivity index (χ0v) is 19.2. The molecule has 3 aromatic rings. The van der Waals surface area contributed by atoms with Crippen molar-refractivity contribution in [3.63, 3.8) is 0 Å². The highest BCUT2D eigenvalue weighted by molar-refractivity contribution is 7.49. The molecule has 31 heavy (non-hydrogen) atoms. The molecule has 3 aromatic carbocycles. The van der Waals surface area contributed by atoms with Crippen LogP contribution in [0.2, 0.25) is 0 Å². The maximum absolute atomic E-state index is 13.3. The van der Waals surface area contributed by atoms with Gasteiger partial charge in [-0.15, -0.1) is 0 Å². The van der Waals surface area contributed by atoms with Crippen molar-refractivity contribution in [3.05, 3.63) is 89.5 Å². The first kappa shape index (κ1) is 22.9. The van der Waals surface area contributed by atoms with E-state index in [1.165, 1.54) is 25.9 Å². The summed E-state index contributed by atoms with van der Waals surface area (Å²) in [5.41, 5.74) is 3.23. The van der Waals surface area contributed by atoms with Gasteiger partial charge in [-0.2, -0.15) is 4.57 Å². The molecule has 0 amide bonds. The Balaban J connectivity index is 0.000000478. The van der Waals surface area contributed by atoms with Crippen LogP contribution in [0.4, 0.5) is 0 Å². The van der Waals surface area contributed by atoms with E-state index in [9.17, 15) is 4.57 Å². The van der Waals surface area contributed by atoms with Crippen molar-refractivity contribution in [3.8, 4) is 17.2 Å². The summed E-state index contributed by atoms with van der Waals surface area (Å²) in [7, 11) is -3.93. The number of benzene rings is 3. The molecule has 0 atom stereocenters.